The molecule has 0 aliphatic carbocycles. The molecule has 0 saturated carbocycles. The van der Waals surface area contributed by atoms with Crippen LogP contribution < -0.4 is 19.9 Å². The van der Waals surface area contributed by atoms with E-state index in [2.05, 4.69) is 40.8 Å². The van der Waals surface area contributed by atoms with E-state index in [9.17, 15) is 4.79 Å². The summed E-state index contributed by atoms with van der Waals surface area (Å²) in [5, 5.41) is 6.31. The predicted octanol–water partition coefficient (Wildman–Crippen LogP) is 9.77. The normalized spacial score (nSPS) is 10.9. The Balaban J connectivity index is 1.31. The van der Waals surface area contributed by atoms with Gasteiger partial charge in [-0.05, 0) is 37.6 Å². The van der Waals surface area contributed by atoms with Crippen LogP contribution in [-0.2, 0) is 6.54 Å². The average molecular weight is 571 g/mol. The topological polar surface area (TPSA) is 54.2 Å². The van der Waals surface area contributed by atoms with Gasteiger partial charge < -0.3 is 15.4 Å². The van der Waals surface area contributed by atoms with Gasteiger partial charge in [0.2, 0.25) is 5.51 Å². The molecule has 0 aliphatic heterocycles. The van der Waals surface area contributed by atoms with E-state index in [-0.39, 0.29) is 6.03 Å². The molecule has 2 N–H and O–H groups in total. The van der Waals surface area contributed by atoms with Crippen molar-refractivity contribution in [2.75, 3.05) is 17.2 Å². The smallest absolute Gasteiger partial charge is 0.323 e. The number of hydrogen-bond donors (Lipinski definition) is 2. The molecular weight excluding hydrogens is 526 g/mol. The summed E-state index contributed by atoms with van der Waals surface area (Å²) in [5.41, 5.74) is 4.66. The number of aromatic nitrogens is 1. The molecule has 2 aromatic carbocycles. The van der Waals surface area contributed by atoms with E-state index in [0.29, 0.717) is 23.1 Å². The van der Waals surface area contributed by atoms with Crippen molar-refractivity contribution in [3.63, 3.8) is 0 Å². The Kier molecular flexibility index (Phi) is 14.2. The lowest BCUT2D eigenvalue weighted by Crippen LogP contribution is -2.30. The van der Waals surface area contributed by atoms with Gasteiger partial charge in [0.1, 0.15) is 5.75 Å². The van der Waals surface area contributed by atoms with Gasteiger partial charge in [-0.15, -0.1) is 0 Å². The van der Waals surface area contributed by atoms with Gasteiger partial charge in [-0.2, -0.15) is 4.57 Å². The molecule has 212 valence electrons. The van der Waals surface area contributed by atoms with Crippen molar-refractivity contribution in [2.24, 2.45) is 0 Å². The zero-order chi connectivity index (χ0) is 27.7. The van der Waals surface area contributed by atoms with Crippen LogP contribution in [0.5, 0.6) is 5.75 Å². The fourth-order valence-corrected chi connectivity index (χ4v) is 5.35. The first-order valence-corrected chi connectivity index (χ1v) is 15.8. The van der Waals surface area contributed by atoms with Crippen molar-refractivity contribution in [3.05, 3.63) is 69.6 Å². The van der Waals surface area contributed by atoms with Crippen molar-refractivity contribution in [3.8, 4) is 5.75 Å². The zero-order valence-electron chi connectivity index (χ0n) is 23.6. The third kappa shape index (κ3) is 12.4. The maximum atomic E-state index is 12.5. The number of anilines is 2. The SMILES string of the molecule is CCCCCCCCCCCCCCOc1cc(NC(=O)Nc2ccc(C[n+]3csc(C)c3)cc2)ccc1Cl. The Bertz CT molecular complexity index is 1120. The van der Waals surface area contributed by atoms with Gasteiger partial charge >= 0.3 is 6.03 Å². The molecule has 0 spiro atoms. The minimum Gasteiger partial charge on any atom is -0.492 e. The zero-order valence-corrected chi connectivity index (χ0v) is 25.2. The van der Waals surface area contributed by atoms with Crippen LogP contribution in [0.3, 0.4) is 0 Å². The third-order valence-electron chi connectivity index (χ3n) is 6.74. The number of aryl methyl sites for hydroxylation is 1. The van der Waals surface area contributed by atoms with Crippen LogP contribution in [0.25, 0.3) is 0 Å². The first kappa shape index (κ1) is 31.0. The molecule has 3 aromatic rings. The fourth-order valence-electron chi connectivity index (χ4n) is 4.54. The standard InChI is InChI=1S/C32H44ClN3O2S/c1-3-4-5-6-7-8-9-10-11-12-13-14-21-38-31-22-29(19-20-30(31)33)35-32(37)34-28-17-15-27(16-18-28)24-36-23-26(2)39-25-36/h15-20,22-23,25H,3-14,21,24H2,1-2H3,(H-,34,35,37)/p+1. The van der Waals surface area contributed by atoms with Crippen LogP contribution in [0.4, 0.5) is 16.2 Å². The lowest BCUT2D eigenvalue weighted by atomic mass is 10.1. The number of amides is 2. The van der Waals surface area contributed by atoms with E-state index >= 15 is 0 Å². The van der Waals surface area contributed by atoms with Gasteiger partial charge in [-0.3, -0.25) is 0 Å². The number of carbonyl (C=O) groups is 1. The van der Waals surface area contributed by atoms with E-state index in [1.54, 1.807) is 29.5 Å². The summed E-state index contributed by atoms with van der Waals surface area (Å²) in [6.45, 7) is 5.80. The molecular formula is C32H45ClN3O2S+. The van der Waals surface area contributed by atoms with Gasteiger partial charge in [-0.25, -0.2) is 4.79 Å². The van der Waals surface area contributed by atoms with Crippen LogP contribution >= 0.6 is 22.9 Å². The van der Waals surface area contributed by atoms with Crippen molar-refractivity contribution >= 4 is 40.3 Å². The number of carbonyl (C=O) groups excluding carboxylic acids is 1. The number of ether oxygens (including phenoxy) is 1. The highest BCUT2D eigenvalue weighted by Crippen LogP contribution is 2.28. The number of nitrogens with zero attached hydrogens (tertiary/aromatic N) is 1. The molecule has 0 unspecified atom stereocenters. The largest absolute Gasteiger partial charge is 0.492 e. The molecule has 2 amide bonds. The second-order valence-corrected chi connectivity index (χ2v) is 11.8. The number of unbranched alkanes of at least 4 members (excludes halogenated alkanes) is 11. The fraction of sp³-hybridized carbons (Fsp3) is 0.500. The maximum Gasteiger partial charge on any atom is 0.323 e. The van der Waals surface area contributed by atoms with Crippen LogP contribution in [0, 0.1) is 6.92 Å². The van der Waals surface area contributed by atoms with E-state index in [1.165, 1.54) is 81.1 Å². The summed E-state index contributed by atoms with van der Waals surface area (Å²) in [4.78, 5) is 13.8. The number of thiazole rings is 1. The molecule has 0 saturated heterocycles. The molecule has 0 bridgehead atoms. The maximum absolute atomic E-state index is 12.5. The molecule has 1 heterocycles. The highest BCUT2D eigenvalue weighted by molar-refractivity contribution is 7.09. The van der Waals surface area contributed by atoms with Crippen LogP contribution in [-0.4, -0.2) is 12.6 Å². The number of halogens is 1. The molecule has 1 aromatic heterocycles. The average Bonchev–Trinajstić information content (AvgIpc) is 3.33. The number of nitrogens with one attached hydrogen (secondary N) is 2. The van der Waals surface area contributed by atoms with E-state index < -0.39 is 0 Å². The predicted molar refractivity (Wildman–Crippen MR) is 165 cm³/mol. The molecule has 5 nitrogen and oxygen atoms in total. The number of hydrogen-bond acceptors (Lipinski definition) is 3. The van der Waals surface area contributed by atoms with E-state index in [1.807, 2.05) is 24.3 Å². The van der Waals surface area contributed by atoms with Crippen LogP contribution in [0.15, 0.2) is 54.2 Å². The lowest BCUT2D eigenvalue weighted by molar-refractivity contribution is -0.683. The second kappa shape index (κ2) is 17.9. The summed E-state index contributed by atoms with van der Waals surface area (Å²) in [6, 6.07) is 12.9. The third-order valence-corrected chi connectivity index (χ3v) is 7.91. The number of rotatable bonds is 18. The summed E-state index contributed by atoms with van der Waals surface area (Å²) in [7, 11) is 0. The second-order valence-electron chi connectivity index (χ2n) is 10.3. The van der Waals surface area contributed by atoms with Gasteiger partial charge in [0.05, 0.1) is 16.5 Å². The molecule has 0 radical (unpaired) electrons. The van der Waals surface area contributed by atoms with E-state index in [0.717, 1.165) is 18.7 Å². The lowest BCUT2D eigenvalue weighted by Gasteiger charge is -2.12. The highest BCUT2D eigenvalue weighted by Gasteiger charge is 2.09. The van der Waals surface area contributed by atoms with Gasteiger partial charge in [0, 0.05) is 23.0 Å². The van der Waals surface area contributed by atoms with Crippen molar-refractivity contribution in [1.82, 2.24) is 0 Å². The minimum atomic E-state index is -0.306. The van der Waals surface area contributed by atoms with Crippen LogP contribution in [0.1, 0.15) is 94.4 Å². The first-order chi connectivity index (χ1) is 19.0. The Morgan fingerprint density at radius 1 is 0.846 bits per heavy atom. The Hall–Kier alpha value is -2.57. The van der Waals surface area contributed by atoms with E-state index in [4.69, 9.17) is 16.3 Å². The monoisotopic (exact) mass is 570 g/mol. The molecule has 3 rings (SSSR count). The Morgan fingerprint density at radius 2 is 1.44 bits per heavy atom. The summed E-state index contributed by atoms with van der Waals surface area (Å²) in [5.74, 6) is 0.600. The van der Waals surface area contributed by atoms with Gasteiger partial charge in [0.15, 0.2) is 12.7 Å². The van der Waals surface area contributed by atoms with Crippen LogP contribution in [0.2, 0.25) is 5.02 Å². The molecule has 0 fully saturated rings. The van der Waals surface area contributed by atoms with Crippen molar-refractivity contribution < 1.29 is 14.1 Å². The molecule has 0 aliphatic rings. The highest BCUT2D eigenvalue weighted by atomic mass is 35.5. The molecule has 39 heavy (non-hydrogen) atoms. The molecule has 7 heteroatoms. The number of benzene rings is 2. The summed E-state index contributed by atoms with van der Waals surface area (Å²) < 4.78 is 8.09. The Morgan fingerprint density at radius 3 is 2.05 bits per heavy atom. The molecule has 0 atom stereocenters. The van der Waals surface area contributed by atoms with Gasteiger partial charge in [-0.1, -0.05) is 113 Å². The minimum absolute atomic E-state index is 0.306. The van der Waals surface area contributed by atoms with Crippen molar-refractivity contribution in [1.29, 1.82) is 0 Å². The first-order valence-electron chi connectivity index (χ1n) is 14.6. The summed E-state index contributed by atoms with van der Waals surface area (Å²) >= 11 is 8.06. The quantitative estimate of drug-likeness (QED) is 0.118. The summed E-state index contributed by atoms with van der Waals surface area (Å²) in [6.07, 6.45) is 17.9. The van der Waals surface area contributed by atoms with Crippen molar-refractivity contribution in [2.45, 2.75) is 97.4 Å². The number of urea groups is 1. The Labute approximate surface area is 243 Å². The van der Waals surface area contributed by atoms with Gasteiger partial charge in [0.25, 0.3) is 0 Å².